The number of nitrogens with zero attached hydrogens (tertiary/aromatic N) is 3. The van der Waals surface area contributed by atoms with Gasteiger partial charge in [0.1, 0.15) is 4.88 Å². The van der Waals surface area contributed by atoms with Crippen LogP contribution in [0.3, 0.4) is 0 Å². The van der Waals surface area contributed by atoms with Gasteiger partial charge in [-0.15, -0.1) is 11.3 Å². The molecule has 0 saturated carbocycles. The Balaban J connectivity index is 1.71. The number of benzene rings is 1. The highest BCUT2D eigenvalue weighted by molar-refractivity contribution is 7.15. The monoisotopic (exact) mass is 371 g/mol. The van der Waals surface area contributed by atoms with Gasteiger partial charge in [0.25, 0.3) is 5.89 Å². The molecule has 26 heavy (non-hydrogen) atoms. The molecule has 2 N–H and O–H groups in total. The van der Waals surface area contributed by atoms with Crippen LogP contribution in [0.1, 0.15) is 31.0 Å². The second-order valence-electron chi connectivity index (χ2n) is 6.06. The molecule has 1 atom stereocenters. The minimum atomic E-state index is -0.218. The summed E-state index contributed by atoms with van der Waals surface area (Å²) in [6.07, 6.45) is 0.880. The van der Waals surface area contributed by atoms with Gasteiger partial charge >= 0.3 is 6.03 Å². The number of anilines is 1. The Kier molecular flexibility index (Phi) is 5.32. The van der Waals surface area contributed by atoms with Crippen LogP contribution in [0.15, 0.2) is 28.8 Å². The summed E-state index contributed by atoms with van der Waals surface area (Å²) in [5.41, 5.74) is 2.40. The molecule has 0 spiro atoms. The lowest BCUT2D eigenvalue weighted by atomic mass is 10.2. The van der Waals surface area contributed by atoms with Crippen LogP contribution in [0.5, 0.6) is 0 Å². The van der Waals surface area contributed by atoms with Gasteiger partial charge in [-0.05, 0) is 51.5 Å². The SMILES string of the molecule is CC[C@@H](C)NC(=O)Nc1ccc(-c2noc(-c3sc(C)nc3C)n2)cc1. The van der Waals surface area contributed by atoms with Crippen LogP contribution < -0.4 is 10.6 Å². The number of hydrogen-bond acceptors (Lipinski definition) is 6. The minimum Gasteiger partial charge on any atom is -0.335 e. The highest BCUT2D eigenvalue weighted by Crippen LogP contribution is 2.30. The van der Waals surface area contributed by atoms with E-state index in [1.165, 1.54) is 11.3 Å². The standard InChI is InChI=1S/C18H21N5O2S/c1-5-10(2)19-18(24)21-14-8-6-13(7-9-14)16-22-17(25-23-16)15-11(3)20-12(4)26-15/h6-10H,5H2,1-4H3,(H2,19,21,24)/t10-/m1/s1. The highest BCUT2D eigenvalue weighted by atomic mass is 32.1. The van der Waals surface area contributed by atoms with Gasteiger partial charge in [-0.3, -0.25) is 0 Å². The van der Waals surface area contributed by atoms with Crippen molar-refractivity contribution in [1.29, 1.82) is 0 Å². The summed E-state index contributed by atoms with van der Waals surface area (Å²) >= 11 is 1.53. The fraction of sp³-hybridized carbons (Fsp3) is 0.333. The largest absolute Gasteiger partial charge is 0.335 e. The predicted molar refractivity (Wildman–Crippen MR) is 102 cm³/mol. The molecule has 0 unspecified atom stereocenters. The van der Waals surface area contributed by atoms with Crippen molar-refractivity contribution in [2.24, 2.45) is 0 Å². The third kappa shape index (κ3) is 4.08. The first-order chi connectivity index (χ1) is 12.5. The van der Waals surface area contributed by atoms with E-state index in [2.05, 4.69) is 25.8 Å². The molecule has 0 radical (unpaired) electrons. The van der Waals surface area contributed by atoms with Gasteiger partial charge < -0.3 is 15.2 Å². The number of carbonyl (C=O) groups excluding carboxylic acids is 1. The van der Waals surface area contributed by atoms with Gasteiger partial charge in [-0.1, -0.05) is 12.1 Å². The number of aromatic nitrogens is 3. The van der Waals surface area contributed by atoms with E-state index in [-0.39, 0.29) is 12.1 Å². The highest BCUT2D eigenvalue weighted by Gasteiger charge is 2.16. The molecule has 0 saturated heterocycles. The summed E-state index contributed by atoms with van der Waals surface area (Å²) in [5, 5.41) is 10.7. The number of amides is 2. The molecule has 8 heteroatoms. The average molecular weight is 371 g/mol. The lowest BCUT2D eigenvalue weighted by molar-refractivity contribution is 0.249. The number of hydrogen-bond donors (Lipinski definition) is 2. The summed E-state index contributed by atoms with van der Waals surface area (Å²) in [6.45, 7) is 7.85. The van der Waals surface area contributed by atoms with E-state index in [1.54, 1.807) is 0 Å². The Morgan fingerprint density at radius 2 is 1.96 bits per heavy atom. The van der Waals surface area contributed by atoms with Crippen molar-refractivity contribution in [3.05, 3.63) is 35.0 Å². The fourth-order valence-corrected chi connectivity index (χ4v) is 3.20. The van der Waals surface area contributed by atoms with E-state index in [1.807, 2.05) is 52.0 Å². The van der Waals surface area contributed by atoms with Crippen molar-refractivity contribution in [3.63, 3.8) is 0 Å². The summed E-state index contributed by atoms with van der Waals surface area (Å²) in [5.74, 6) is 0.972. The molecule has 2 heterocycles. The van der Waals surface area contributed by atoms with Crippen LogP contribution in [0.25, 0.3) is 22.2 Å². The van der Waals surface area contributed by atoms with Crippen LogP contribution >= 0.6 is 11.3 Å². The van der Waals surface area contributed by atoms with Crippen molar-refractivity contribution < 1.29 is 9.32 Å². The molecule has 136 valence electrons. The zero-order valence-corrected chi connectivity index (χ0v) is 16.0. The molecule has 0 aliphatic carbocycles. The van der Waals surface area contributed by atoms with Crippen LogP contribution in [-0.4, -0.2) is 27.2 Å². The van der Waals surface area contributed by atoms with E-state index in [0.717, 1.165) is 27.6 Å². The van der Waals surface area contributed by atoms with E-state index < -0.39 is 0 Å². The molecule has 3 rings (SSSR count). The second kappa shape index (κ2) is 7.65. The maximum Gasteiger partial charge on any atom is 0.319 e. The maximum atomic E-state index is 11.9. The number of carbonyl (C=O) groups is 1. The molecule has 0 fully saturated rings. The Morgan fingerprint density at radius 3 is 2.58 bits per heavy atom. The lowest BCUT2D eigenvalue weighted by Gasteiger charge is -2.12. The molecular formula is C18H21N5O2S. The van der Waals surface area contributed by atoms with Crippen LogP contribution in [0.4, 0.5) is 10.5 Å². The normalized spacial score (nSPS) is 12.0. The minimum absolute atomic E-state index is 0.130. The third-order valence-electron chi connectivity index (χ3n) is 3.91. The first kappa shape index (κ1) is 18.1. The number of urea groups is 1. The Labute approximate surface area is 155 Å². The molecule has 7 nitrogen and oxygen atoms in total. The number of aryl methyl sites for hydroxylation is 2. The summed E-state index contributed by atoms with van der Waals surface area (Å²) < 4.78 is 5.38. The number of thiazole rings is 1. The van der Waals surface area contributed by atoms with Gasteiger partial charge in [0.05, 0.1) is 10.7 Å². The first-order valence-electron chi connectivity index (χ1n) is 8.42. The van der Waals surface area contributed by atoms with Gasteiger partial charge in [-0.2, -0.15) is 4.98 Å². The average Bonchev–Trinajstić information content (AvgIpc) is 3.21. The molecule has 0 aliphatic heterocycles. The van der Waals surface area contributed by atoms with Gasteiger partial charge in [0.2, 0.25) is 5.82 Å². The quantitative estimate of drug-likeness (QED) is 0.693. The summed E-state index contributed by atoms with van der Waals surface area (Å²) in [7, 11) is 0. The van der Waals surface area contributed by atoms with Crippen molar-refractivity contribution in [2.75, 3.05) is 5.32 Å². The van der Waals surface area contributed by atoms with Crippen molar-refractivity contribution in [2.45, 2.75) is 40.2 Å². The zero-order chi connectivity index (χ0) is 18.7. The second-order valence-corrected chi connectivity index (χ2v) is 7.26. The molecular weight excluding hydrogens is 350 g/mol. The Morgan fingerprint density at radius 1 is 1.23 bits per heavy atom. The Bertz CT molecular complexity index is 901. The van der Waals surface area contributed by atoms with Gasteiger partial charge in [0, 0.05) is 17.3 Å². The third-order valence-corrected chi connectivity index (χ3v) is 4.98. The molecule has 2 amide bonds. The van der Waals surface area contributed by atoms with Crippen LogP contribution in [0.2, 0.25) is 0 Å². The molecule has 0 aliphatic rings. The van der Waals surface area contributed by atoms with Crippen molar-refractivity contribution >= 4 is 23.1 Å². The number of rotatable bonds is 5. The molecule has 0 bridgehead atoms. The number of nitrogens with one attached hydrogen (secondary N) is 2. The van der Waals surface area contributed by atoms with Crippen molar-refractivity contribution in [3.8, 4) is 22.2 Å². The van der Waals surface area contributed by atoms with Gasteiger partial charge in [-0.25, -0.2) is 9.78 Å². The lowest BCUT2D eigenvalue weighted by Crippen LogP contribution is -2.35. The van der Waals surface area contributed by atoms with E-state index >= 15 is 0 Å². The zero-order valence-electron chi connectivity index (χ0n) is 15.2. The summed E-state index contributed by atoms with van der Waals surface area (Å²) in [4.78, 5) is 21.6. The van der Waals surface area contributed by atoms with Crippen LogP contribution in [-0.2, 0) is 0 Å². The smallest absolute Gasteiger partial charge is 0.319 e. The van der Waals surface area contributed by atoms with Crippen molar-refractivity contribution in [1.82, 2.24) is 20.4 Å². The maximum absolute atomic E-state index is 11.9. The molecule has 2 aromatic heterocycles. The topological polar surface area (TPSA) is 92.9 Å². The first-order valence-corrected chi connectivity index (χ1v) is 9.24. The van der Waals surface area contributed by atoms with E-state index in [4.69, 9.17) is 4.52 Å². The molecule has 1 aromatic carbocycles. The van der Waals surface area contributed by atoms with Gasteiger partial charge in [0.15, 0.2) is 0 Å². The van der Waals surface area contributed by atoms with E-state index in [9.17, 15) is 4.79 Å². The molecule has 3 aromatic rings. The Hall–Kier alpha value is -2.74. The summed E-state index contributed by atoms with van der Waals surface area (Å²) in [6, 6.07) is 7.22. The van der Waals surface area contributed by atoms with E-state index in [0.29, 0.717) is 17.4 Å². The van der Waals surface area contributed by atoms with Crippen LogP contribution in [0, 0.1) is 13.8 Å². The predicted octanol–water partition coefficient (Wildman–Crippen LogP) is 4.40. The fourth-order valence-electron chi connectivity index (χ4n) is 2.36.